The number of aromatic nitrogens is 3. The van der Waals surface area contributed by atoms with E-state index in [1.54, 1.807) is 11.3 Å². The third-order valence-electron chi connectivity index (χ3n) is 5.34. The summed E-state index contributed by atoms with van der Waals surface area (Å²) in [6.07, 6.45) is 4.03. The molecule has 0 aliphatic carbocycles. The van der Waals surface area contributed by atoms with Crippen LogP contribution in [-0.2, 0) is 13.1 Å². The number of hydrogen-bond acceptors (Lipinski definition) is 5. The predicted octanol–water partition coefficient (Wildman–Crippen LogP) is 3.95. The zero-order chi connectivity index (χ0) is 19.3. The molecule has 0 spiro atoms. The monoisotopic (exact) mass is 395 g/mol. The van der Waals surface area contributed by atoms with Crippen molar-refractivity contribution in [2.45, 2.75) is 32.9 Å². The van der Waals surface area contributed by atoms with Crippen LogP contribution in [0.15, 0.2) is 48.1 Å². The highest BCUT2D eigenvalue weighted by atomic mass is 32.1. The van der Waals surface area contributed by atoms with Gasteiger partial charge in [-0.1, -0.05) is 44.2 Å². The van der Waals surface area contributed by atoms with E-state index in [1.807, 2.05) is 12.3 Å². The molecule has 3 heterocycles. The summed E-state index contributed by atoms with van der Waals surface area (Å²) in [5, 5.41) is 3.33. The topological polar surface area (TPSA) is 37.2 Å². The standard InChI is InChI=1S/C22H29N5S/c1-18(2)21-23-8-9-27(21)15-14-25-10-12-26(13-11-25)16-20-17-28-22(24-20)19-6-4-3-5-7-19/h3-9,17-18H,10-16H2,1-2H3. The smallest absolute Gasteiger partial charge is 0.123 e. The number of hydrogen-bond donors (Lipinski definition) is 0. The Morgan fingerprint density at radius 3 is 2.50 bits per heavy atom. The Morgan fingerprint density at radius 2 is 1.75 bits per heavy atom. The van der Waals surface area contributed by atoms with Gasteiger partial charge in [-0.05, 0) is 0 Å². The number of thiazole rings is 1. The van der Waals surface area contributed by atoms with Crippen LogP contribution in [0.2, 0.25) is 0 Å². The number of nitrogens with zero attached hydrogens (tertiary/aromatic N) is 5. The first-order valence-electron chi connectivity index (χ1n) is 10.1. The van der Waals surface area contributed by atoms with Gasteiger partial charge in [-0.2, -0.15) is 0 Å². The fraction of sp³-hybridized carbons (Fsp3) is 0.455. The first-order valence-corrected chi connectivity index (χ1v) is 11.0. The van der Waals surface area contributed by atoms with Gasteiger partial charge < -0.3 is 4.57 Å². The van der Waals surface area contributed by atoms with Crippen molar-refractivity contribution < 1.29 is 0 Å². The van der Waals surface area contributed by atoms with Gasteiger partial charge in [-0.3, -0.25) is 9.80 Å². The highest BCUT2D eigenvalue weighted by Gasteiger charge is 2.18. The highest BCUT2D eigenvalue weighted by Crippen LogP contribution is 2.24. The first kappa shape index (κ1) is 19.3. The maximum Gasteiger partial charge on any atom is 0.123 e. The van der Waals surface area contributed by atoms with Crippen LogP contribution in [0.5, 0.6) is 0 Å². The second-order valence-electron chi connectivity index (χ2n) is 7.76. The lowest BCUT2D eigenvalue weighted by Gasteiger charge is -2.34. The van der Waals surface area contributed by atoms with Crippen molar-refractivity contribution in [3.8, 4) is 10.6 Å². The van der Waals surface area contributed by atoms with E-state index in [2.05, 4.69) is 69.0 Å². The fourth-order valence-corrected chi connectivity index (χ4v) is 4.57. The third-order valence-corrected chi connectivity index (χ3v) is 6.28. The molecule has 5 nitrogen and oxygen atoms in total. The average molecular weight is 396 g/mol. The van der Waals surface area contributed by atoms with E-state index < -0.39 is 0 Å². The van der Waals surface area contributed by atoms with Crippen molar-refractivity contribution in [3.05, 3.63) is 59.6 Å². The van der Waals surface area contributed by atoms with Crippen molar-refractivity contribution in [1.82, 2.24) is 24.3 Å². The van der Waals surface area contributed by atoms with Crippen LogP contribution < -0.4 is 0 Å². The maximum atomic E-state index is 4.84. The van der Waals surface area contributed by atoms with E-state index in [9.17, 15) is 0 Å². The molecule has 0 saturated carbocycles. The Bertz CT molecular complexity index is 862. The molecule has 1 saturated heterocycles. The summed E-state index contributed by atoms with van der Waals surface area (Å²) in [6, 6.07) is 10.5. The quantitative estimate of drug-likeness (QED) is 0.607. The lowest BCUT2D eigenvalue weighted by molar-refractivity contribution is 0.123. The molecule has 0 atom stereocenters. The van der Waals surface area contributed by atoms with Crippen LogP contribution in [0.1, 0.15) is 31.3 Å². The number of benzene rings is 1. The molecular weight excluding hydrogens is 366 g/mol. The minimum absolute atomic E-state index is 0.478. The van der Waals surface area contributed by atoms with E-state index in [1.165, 1.54) is 17.1 Å². The van der Waals surface area contributed by atoms with Crippen molar-refractivity contribution in [1.29, 1.82) is 0 Å². The molecule has 0 bridgehead atoms. The largest absolute Gasteiger partial charge is 0.333 e. The molecule has 1 aliphatic rings. The Hall–Kier alpha value is -2.02. The molecule has 1 aromatic carbocycles. The van der Waals surface area contributed by atoms with E-state index in [0.29, 0.717) is 5.92 Å². The summed E-state index contributed by atoms with van der Waals surface area (Å²) in [5.74, 6) is 1.67. The van der Waals surface area contributed by atoms with Crippen molar-refractivity contribution >= 4 is 11.3 Å². The number of piperazine rings is 1. The van der Waals surface area contributed by atoms with Crippen LogP contribution in [0.25, 0.3) is 10.6 Å². The molecule has 0 N–H and O–H groups in total. The highest BCUT2D eigenvalue weighted by molar-refractivity contribution is 7.13. The van der Waals surface area contributed by atoms with Crippen molar-refractivity contribution in [2.75, 3.05) is 32.7 Å². The summed E-state index contributed by atoms with van der Waals surface area (Å²) < 4.78 is 2.30. The van der Waals surface area contributed by atoms with Crippen LogP contribution in [0.4, 0.5) is 0 Å². The molecule has 2 aromatic heterocycles. The molecule has 148 valence electrons. The average Bonchev–Trinajstić information content (AvgIpc) is 3.38. The van der Waals surface area contributed by atoms with Gasteiger partial charge in [0.1, 0.15) is 10.8 Å². The minimum atomic E-state index is 0.478. The van der Waals surface area contributed by atoms with Crippen molar-refractivity contribution in [2.24, 2.45) is 0 Å². The second-order valence-corrected chi connectivity index (χ2v) is 8.62. The summed E-state index contributed by atoms with van der Waals surface area (Å²) >= 11 is 1.75. The molecule has 0 radical (unpaired) electrons. The summed E-state index contributed by atoms with van der Waals surface area (Å²) in [4.78, 5) is 14.4. The number of rotatable bonds is 7. The lowest BCUT2D eigenvalue weighted by atomic mass is 10.2. The Balaban J connectivity index is 1.24. The Kier molecular flexibility index (Phi) is 6.20. The van der Waals surface area contributed by atoms with E-state index >= 15 is 0 Å². The van der Waals surface area contributed by atoms with Gasteiger partial charge >= 0.3 is 0 Å². The molecule has 28 heavy (non-hydrogen) atoms. The Labute approximate surface area is 171 Å². The summed E-state index contributed by atoms with van der Waals surface area (Å²) in [7, 11) is 0. The van der Waals surface area contributed by atoms with Crippen LogP contribution >= 0.6 is 11.3 Å². The molecule has 0 unspecified atom stereocenters. The normalized spacial score (nSPS) is 16.1. The third kappa shape index (κ3) is 4.69. The Morgan fingerprint density at radius 1 is 1.00 bits per heavy atom. The molecule has 1 aliphatic heterocycles. The summed E-state index contributed by atoms with van der Waals surface area (Å²) in [6.45, 7) is 12.0. The van der Waals surface area contributed by atoms with E-state index in [0.717, 1.165) is 50.8 Å². The minimum Gasteiger partial charge on any atom is -0.333 e. The van der Waals surface area contributed by atoms with Gasteiger partial charge in [0.2, 0.25) is 0 Å². The van der Waals surface area contributed by atoms with Crippen LogP contribution in [0.3, 0.4) is 0 Å². The van der Waals surface area contributed by atoms with Crippen molar-refractivity contribution in [3.63, 3.8) is 0 Å². The van der Waals surface area contributed by atoms with Crippen LogP contribution in [0, 0.1) is 0 Å². The second kappa shape index (κ2) is 8.99. The lowest BCUT2D eigenvalue weighted by Crippen LogP contribution is -2.46. The van der Waals surface area contributed by atoms with Gasteiger partial charge in [0, 0.05) is 75.1 Å². The van der Waals surface area contributed by atoms with E-state index in [-0.39, 0.29) is 0 Å². The maximum absolute atomic E-state index is 4.84. The van der Waals surface area contributed by atoms with Gasteiger partial charge in [0.25, 0.3) is 0 Å². The molecular formula is C22H29N5S. The molecule has 0 amide bonds. The van der Waals surface area contributed by atoms with Gasteiger partial charge in [-0.15, -0.1) is 11.3 Å². The zero-order valence-corrected chi connectivity index (χ0v) is 17.6. The predicted molar refractivity (Wildman–Crippen MR) is 116 cm³/mol. The van der Waals surface area contributed by atoms with Gasteiger partial charge in [0.05, 0.1) is 5.69 Å². The first-order chi connectivity index (χ1) is 13.7. The van der Waals surface area contributed by atoms with Gasteiger partial charge in [-0.25, -0.2) is 9.97 Å². The molecule has 3 aromatic rings. The number of imidazole rings is 1. The van der Waals surface area contributed by atoms with Crippen LogP contribution in [-0.4, -0.2) is 57.1 Å². The van der Waals surface area contributed by atoms with Gasteiger partial charge in [0.15, 0.2) is 0 Å². The zero-order valence-electron chi connectivity index (χ0n) is 16.8. The SMILES string of the molecule is CC(C)c1nccn1CCN1CCN(Cc2csc(-c3ccccc3)n2)CC1. The fourth-order valence-electron chi connectivity index (χ4n) is 3.75. The molecule has 1 fully saturated rings. The summed E-state index contributed by atoms with van der Waals surface area (Å²) in [5.41, 5.74) is 2.40. The molecule has 4 rings (SSSR count). The van der Waals surface area contributed by atoms with E-state index in [4.69, 9.17) is 4.98 Å². The molecule has 6 heteroatoms.